The highest BCUT2D eigenvalue weighted by atomic mass is 16.2. The van der Waals surface area contributed by atoms with Gasteiger partial charge in [0.1, 0.15) is 0 Å². The summed E-state index contributed by atoms with van der Waals surface area (Å²) in [6.07, 6.45) is 1.14. The zero-order chi connectivity index (χ0) is 17.6. The zero-order valence-corrected chi connectivity index (χ0v) is 14.6. The summed E-state index contributed by atoms with van der Waals surface area (Å²) >= 11 is 0. The van der Waals surface area contributed by atoms with E-state index in [1.54, 1.807) is 0 Å². The molecule has 0 saturated carbocycles. The molecule has 1 aliphatic rings. The van der Waals surface area contributed by atoms with Crippen LogP contribution in [-0.4, -0.2) is 29.8 Å². The van der Waals surface area contributed by atoms with Gasteiger partial charge in [-0.25, -0.2) is 0 Å². The smallest absolute Gasteiger partial charge is 0.225 e. The molecule has 0 bridgehead atoms. The molecule has 0 radical (unpaired) electrons. The first-order valence-electron chi connectivity index (χ1n) is 8.77. The Morgan fingerprint density at radius 1 is 1.08 bits per heavy atom. The van der Waals surface area contributed by atoms with Crippen molar-refractivity contribution < 1.29 is 9.59 Å². The Hall–Kier alpha value is -2.62. The predicted octanol–water partition coefficient (Wildman–Crippen LogP) is 2.70. The lowest BCUT2D eigenvalue weighted by atomic mass is 10.1. The van der Waals surface area contributed by atoms with Crippen LogP contribution < -0.4 is 5.32 Å². The second-order valence-corrected chi connectivity index (χ2v) is 6.68. The molecular formula is C21H24N2O2. The minimum Gasteiger partial charge on any atom is -0.352 e. The molecular weight excluding hydrogens is 312 g/mol. The second kappa shape index (κ2) is 7.97. The van der Waals surface area contributed by atoms with E-state index in [0.717, 1.165) is 12.0 Å². The SMILES string of the molecule is Cc1ccc(CNC(=O)[C@@H]2CC(=O)N(CCc3ccccc3)C2)cc1. The van der Waals surface area contributed by atoms with Crippen molar-refractivity contribution in [2.45, 2.75) is 26.3 Å². The molecule has 1 aliphatic heterocycles. The van der Waals surface area contributed by atoms with E-state index in [1.165, 1.54) is 11.1 Å². The number of hydrogen-bond acceptors (Lipinski definition) is 2. The zero-order valence-electron chi connectivity index (χ0n) is 14.6. The van der Waals surface area contributed by atoms with Gasteiger partial charge in [0.2, 0.25) is 11.8 Å². The molecule has 0 aliphatic carbocycles. The molecule has 3 rings (SSSR count). The summed E-state index contributed by atoms with van der Waals surface area (Å²) in [4.78, 5) is 26.3. The maximum Gasteiger partial charge on any atom is 0.225 e. The molecule has 1 saturated heterocycles. The highest BCUT2D eigenvalue weighted by Crippen LogP contribution is 2.18. The number of nitrogens with one attached hydrogen (secondary N) is 1. The number of rotatable bonds is 6. The van der Waals surface area contributed by atoms with Gasteiger partial charge in [-0.3, -0.25) is 9.59 Å². The lowest BCUT2D eigenvalue weighted by Gasteiger charge is -2.16. The van der Waals surface area contributed by atoms with Gasteiger partial charge in [-0.15, -0.1) is 0 Å². The minimum absolute atomic E-state index is 0.0314. The Labute approximate surface area is 148 Å². The number of carbonyl (C=O) groups is 2. The average molecular weight is 336 g/mol. The highest BCUT2D eigenvalue weighted by Gasteiger charge is 2.33. The Bertz CT molecular complexity index is 725. The van der Waals surface area contributed by atoms with Crippen molar-refractivity contribution >= 4 is 11.8 Å². The van der Waals surface area contributed by atoms with Crippen molar-refractivity contribution in [2.75, 3.05) is 13.1 Å². The van der Waals surface area contributed by atoms with Crippen LogP contribution in [0.15, 0.2) is 54.6 Å². The Balaban J connectivity index is 1.47. The summed E-state index contributed by atoms with van der Waals surface area (Å²) in [5.74, 6) is -0.198. The van der Waals surface area contributed by atoms with Gasteiger partial charge >= 0.3 is 0 Å². The maximum atomic E-state index is 12.4. The number of carbonyl (C=O) groups excluding carboxylic acids is 2. The van der Waals surface area contributed by atoms with Crippen LogP contribution in [0, 0.1) is 12.8 Å². The van der Waals surface area contributed by atoms with E-state index in [4.69, 9.17) is 0 Å². The summed E-state index contributed by atoms with van der Waals surface area (Å²) < 4.78 is 0. The summed E-state index contributed by atoms with van der Waals surface area (Å²) in [5, 5.41) is 2.96. The van der Waals surface area contributed by atoms with E-state index in [2.05, 4.69) is 17.4 Å². The molecule has 2 aromatic rings. The summed E-state index contributed by atoms with van der Waals surface area (Å²) in [5.41, 5.74) is 3.48. The monoisotopic (exact) mass is 336 g/mol. The Kier molecular flexibility index (Phi) is 5.49. The summed E-state index contributed by atoms with van der Waals surface area (Å²) in [6.45, 7) is 3.74. The van der Waals surface area contributed by atoms with Gasteiger partial charge in [-0.1, -0.05) is 60.2 Å². The first-order valence-corrected chi connectivity index (χ1v) is 8.77. The Morgan fingerprint density at radius 3 is 2.52 bits per heavy atom. The van der Waals surface area contributed by atoms with Gasteiger partial charge < -0.3 is 10.2 Å². The van der Waals surface area contributed by atoms with Crippen molar-refractivity contribution in [1.29, 1.82) is 0 Å². The quantitative estimate of drug-likeness (QED) is 0.882. The van der Waals surface area contributed by atoms with Crippen molar-refractivity contribution in [3.8, 4) is 0 Å². The fourth-order valence-corrected chi connectivity index (χ4v) is 3.11. The first kappa shape index (κ1) is 17.2. The van der Waals surface area contributed by atoms with Gasteiger partial charge in [0.05, 0.1) is 5.92 Å². The van der Waals surface area contributed by atoms with Crippen LogP contribution in [-0.2, 0) is 22.6 Å². The van der Waals surface area contributed by atoms with Crippen LogP contribution in [0.25, 0.3) is 0 Å². The van der Waals surface area contributed by atoms with Crippen LogP contribution in [0.3, 0.4) is 0 Å². The van der Waals surface area contributed by atoms with Crippen LogP contribution in [0.1, 0.15) is 23.1 Å². The molecule has 2 amide bonds. The minimum atomic E-state index is -0.242. The van der Waals surface area contributed by atoms with Crippen molar-refractivity contribution in [1.82, 2.24) is 10.2 Å². The molecule has 1 atom stereocenters. The van der Waals surface area contributed by atoms with Crippen LogP contribution in [0.2, 0.25) is 0 Å². The van der Waals surface area contributed by atoms with E-state index < -0.39 is 0 Å². The number of hydrogen-bond donors (Lipinski definition) is 1. The van der Waals surface area contributed by atoms with Gasteiger partial charge in [0, 0.05) is 26.1 Å². The fraction of sp³-hybridized carbons (Fsp3) is 0.333. The highest BCUT2D eigenvalue weighted by molar-refractivity contribution is 5.89. The Morgan fingerprint density at radius 2 is 1.80 bits per heavy atom. The first-order chi connectivity index (χ1) is 12.1. The third kappa shape index (κ3) is 4.69. The number of nitrogens with zero attached hydrogens (tertiary/aromatic N) is 1. The van der Waals surface area contributed by atoms with Crippen molar-refractivity contribution in [2.24, 2.45) is 5.92 Å². The largest absolute Gasteiger partial charge is 0.352 e. The molecule has 4 nitrogen and oxygen atoms in total. The lowest BCUT2D eigenvalue weighted by Crippen LogP contribution is -2.33. The van der Waals surface area contributed by atoms with E-state index in [-0.39, 0.29) is 17.7 Å². The van der Waals surface area contributed by atoms with Crippen LogP contribution >= 0.6 is 0 Å². The van der Waals surface area contributed by atoms with Crippen molar-refractivity contribution in [3.05, 3.63) is 71.3 Å². The van der Waals surface area contributed by atoms with Crippen molar-refractivity contribution in [3.63, 3.8) is 0 Å². The van der Waals surface area contributed by atoms with E-state index in [0.29, 0.717) is 26.1 Å². The summed E-state index contributed by atoms with van der Waals surface area (Å²) in [6, 6.07) is 18.2. The fourth-order valence-electron chi connectivity index (χ4n) is 3.11. The molecule has 4 heteroatoms. The van der Waals surface area contributed by atoms with Gasteiger partial charge in [0.15, 0.2) is 0 Å². The molecule has 130 valence electrons. The number of amides is 2. The molecule has 2 aromatic carbocycles. The number of benzene rings is 2. The third-order valence-electron chi connectivity index (χ3n) is 4.69. The van der Waals surface area contributed by atoms with Gasteiger partial charge in [0.25, 0.3) is 0 Å². The van der Waals surface area contributed by atoms with Gasteiger partial charge in [-0.05, 0) is 24.5 Å². The lowest BCUT2D eigenvalue weighted by molar-refractivity contribution is -0.129. The number of likely N-dealkylation sites (tertiary alicyclic amines) is 1. The predicted molar refractivity (Wildman–Crippen MR) is 97.9 cm³/mol. The van der Waals surface area contributed by atoms with Crippen LogP contribution in [0.5, 0.6) is 0 Å². The third-order valence-corrected chi connectivity index (χ3v) is 4.69. The standard InChI is InChI=1S/C21H24N2O2/c1-16-7-9-18(10-8-16)14-22-21(25)19-13-20(24)23(15-19)12-11-17-5-3-2-4-6-17/h2-10,19H,11-15H2,1H3,(H,22,25)/t19-/m1/s1. The molecule has 25 heavy (non-hydrogen) atoms. The van der Waals surface area contributed by atoms with Crippen LogP contribution in [0.4, 0.5) is 0 Å². The maximum absolute atomic E-state index is 12.4. The molecule has 0 aromatic heterocycles. The normalized spacial score (nSPS) is 16.9. The number of aryl methyl sites for hydroxylation is 1. The molecule has 0 spiro atoms. The average Bonchev–Trinajstić information content (AvgIpc) is 3.01. The topological polar surface area (TPSA) is 49.4 Å². The van der Waals surface area contributed by atoms with E-state index in [1.807, 2.05) is 54.3 Å². The second-order valence-electron chi connectivity index (χ2n) is 6.68. The molecule has 1 heterocycles. The van der Waals surface area contributed by atoms with Gasteiger partial charge in [-0.2, -0.15) is 0 Å². The van der Waals surface area contributed by atoms with E-state index in [9.17, 15) is 9.59 Å². The molecule has 1 fully saturated rings. The summed E-state index contributed by atoms with van der Waals surface area (Å²) in [7, 11) is 0. The molecule has 0 unspecified atom stereocenters. The molecule has 1 N–H and O–H groups in total. The van der Waals surface area contributed by atoms with E-state index >= 15 is 0 Å².